The Kier molecular flexibility index (Phi) is 4.00. The molecular formula is C16H14N2O4. The van der Waals surface area contributed by atoms with Crippen molar-refractivity contribution in [1.82, 2.24) is 10.1 Å². The highest BCUT2D eigenvalue weighted by Gasteiger charge is 2.15. The fourth-order valence-corrected chi connectivity index (χ4v) is 1.98. The summed E-state index contributed by atoms with van der Waals surface area (Å²) >= 11 is 0. The van der Waals surface area contributed by atoms with E-state index in [1.807, 2.05) is 36.4 Å². The Labute approximate surface area is 126 Å². The summed E-state index contributed by atoms with van der Waals surface area (Å²) in [5, 5.41) is 4.02. The van der Waals surface area contributed by atoms with Crippen molar-refractivity contribution in [1.29, 1.82) is 0 Å². The lowest BCUT2D eigenvalue weighted by molar-refractivity contribution is 0.0519. The van der Waals surface area contributed by atoms with Crippen LogP contribution >= 0.6 is 0 Å². The molecule has 0 bridgehead atoms. The fraction of sp³-hybridized carbons (Fsp3) is 0.188. The minimum absolute atomic E-state index is 0.152. The first-order chi connectivity index (χ1) is 10.8. The Morgan fingerprint density at radius 3 is 2.86 bits per heavy atom. The molecule has 0 spiro atoms. The maximum atomic E-state index is 11.5. The third-order valence-corrected chi connectivity index (χ3v) is 2.99. The summed E-state index contributed by atoms with van der Waals surface area (Å²) < 4.78 is 15.4. The van der Waals surface area contributed by atoms with Crippen LogP contribution in [-0.4, -0.2) is 22.7 Å². The Hall–Kier alpha value is -2.89. The minimum Gasteiger partial charge on any atom is -0.461 e. The topological polar surface area (TPSA) is 78.4 Å². The molecule has 0 fully saturated rings. The summed E-state index contributed by atoms with van der Waals surface area (Å²) in [6.45, 7) is 2.03. The smallest absolute Gasteiger partial charge is 0.360 e. The Bertz CT molecular complexity index is 761. The van der Waals surface area contributed by atoms with Crippen molar-refractivity contribution in [3.63, 3.8) is 0 Å². The number of esters is 1. The van der Waals surface area contributed by atoms with Crippen LogP contribution in [0.5, 0.6) is 0 Å². The zero-order valence-electron chi connectivity index (χ0n) is 12.0. The van der Waals surface area contributed by atoms with E-state index in [1.54, 1.807) is 6.92 Å². The summed E-state index contributed by atoms with van der Waals surface area (Å²) in [7, 11) is 0. The molecule has 0 aliphatic rings. The van der Waals surface area contributed by atoms with Gasteiger partial charge in [0.2, 0.25) is 5.89 Å². The van der Waals surface area contributed by atoms with E-state index in [0.717, 1.165) is 11.3 Å². The molecule has 0 radical (unpaired) electrons. The lowest BCUT2D eigenvalue weighted by Crippen LogP contribution is -2.05. The van der Waals surface area contributed by atoms with Crippen LogP contribution < -0.4 is 0 Å². The highest BCUT2D eigenvalue weighted by molar-refractivity contribution is 5.86. The normalized spacial score (nSPS) is 10.6. The zero-order chi connectivity index (χ0) is 15.4. The second-order valence-electron chi connectivity index (χ2n) is 4.57. The second-order valence-corrected chi connectivity index (χ2v) is 4.57. The van der Waals surface area contributed by atoms with Crippen LogP contribution in [0.4, 0.5) is 0 Å². The van der Waals surface area contributed by atoms with Gasteiger partial charge in [0.15, 0.2) is 5.69 Å². The first-order valence-electron chi connectivity index (χ1n) is 6.89. The number of carbonyl (C=O) groups excluding carboxylic acids is 1. The van der Waals surface area contributed by atoms with Crippen LogP contribution in [0.1, 0.15) is 29.1 Å². The van der Waals surface area contributed by atoms with Crippen LogP contribution in [-0.2, 0) is 11.2 Å². The molecule has 0 saturated carbocycles. The molecule has 6 nitrogen and oxygen atoms in total. The van der Waals surface area contributed by atoms with E-state index in [9.17, 15) is 4.79 Å². The standard InChI is InChI=1S/C16H14N2O4/c1-2-20-16(19)14-10-21-15(17-14)9-12-8-13(18-22-12)11-6-4-3-5-7-11/h3-8,10H,2,9H2,1H3. The summed E-state index contributed by atoms with van der Waals surface area (Å²) in [5.41, 5.74) is 1.87. The molecule has 22 heavy (non-hydrogen) atoms. The third-order valence-electron chi connectivity index (χ3n) is 2.99. The van der Waals surface area contributed by atoms with E-state index >= 15 is 0 Å². The molecular weight excluding hydrogens is 284 g/mol. The molecule has 0 atom stereocenters. The van der Waals surface area contributed by atoms with E-state index in [0.29, 0.717) is 24.7 Å². The molecule has 112 valence electrons. The molecule has 2 aromatic heterocycles. The lowest BCUT2D eigenvalue weighted by Gasteiger charge is -1.94. The van der Waals surface area contributed by atoms with Crippen molar-refractivity contribution in [2.45, 2.75) is 13.3 Å². The molecule has 0 N–H and O–H groups in total. The van der Waals surface area contributed by atoms with Crippen molar-refractivity contribution in [2.24, 2.45) is 0 Å². The van der Waals surface area contributed by atoms with Gasteiger partial charge in [0.05, 0.1) is 13.0 Å². The van der Waals surface area contributed by atoms with Gasteiger partial charge in [0.25, 0.3) is 0 Å². The van der Waals surface area contributed by atoms with Gasteiger partial charge in [-0.3, -0.25) is 0 Å². The van der Waals surface area contributed by atoms with Crippen molar-refractivity contribution < 1.29 is 18.5 Å². The van der Waals surface area contributed by atoms with E-state index in [1.165, 1.54) is 6.26 Å². The lowest BCUT2D eigenvalue weighted by atomic mass is 10.1. The van der Waals surface area contributed by atoms with Crippen LogP contribution in [0.2, 0.25) is 0 Å². The summed E-state index contributed by atoms with van der Waals surface area (Å²) in [6, 6.07) is 11.5. The average molecular weight is 298 g/mol. The van der Waals surface area contributed by atoms with Gasteiger partial charge >= 0.3 is 5.97 Å². The number of oxazole rings is 1. The highest BCUT2D eigenvalue weighted by atomic mass is 16.5. The van der Waals surface area contributed by atoms with Crippen LogP contribution in [0.3, 0.4) is 0 Å². The molecule has 1 aromatic carbocycles. The number of benzene rings is 1. The van der Waals surface area contributed by atoms with E-state index in [-0.39, 0.29) is 5.69 Å². The number of hydrogen-bond donors (Lipinski definition) is 0. The molecule has 3 rings (SSSR count). The summed E-state index contributed by atoms with van der Waals surface area (Å²) in [5.74, 6) is 0.481. The summed E-state index contributed by atoms with van der Waals surface area (Å²) in [6.07, 6.45) is 1.60. The SMILES string of the molecule is CCOC(=O)c1coc(Cc2cc(-c3ccccc3)no2)n1. The highest BCUT2D eigenvalue weighted by Crippen LogP contribution is 2.20. The second kappa shape index (κ2) is 6.26. The first kappa shape index (κ1) is 14.1. The van der Waals surface area contributed by atoms with Gasteiger partial charge in [-0.15, -0.1) is 0 Å². The van der Waals surface area contributed by atoms with Gasteiger partial charge in [-0.25, -0.2) is 9.78 Å². The summed E-state index contributed by atoms with van der Waals surface area (Å²) in [4.78, 5) is 15.6. The number of rotatable bonds is 5. The minimum atomic E-state index is -0.500. The molecule has 0 amide bonds. The first-order valence-corrected chi connectivity index (χ1v) is 6.89. The predicted octanol–water partition coefficient (Wildman–Crippen LogP) is 3.10. The van der Waals surface area contributed by atoms with Crippen molar-refractivity contribution >= 4 is 5.97 Å². The predicted molar refractivity (Wildman–Crippen MR) is 77.2 cm³/mol. The van der Waals surface area contributed by atoms with Gasteiger partial charge in [-0.2, -0.15) is 0 Å². The average Bonchev–Trinajstić information content (AvgIpc) is 3.18. The quantitative estimate of drug-likeness (QED) is 0.673. The molecule has 3 aromatic rings. The zero-order valence-corrected chi connectivity index (χ0v) is 12.0. The monoisotopic (exact) mass is 298 g/mol. The number of carbonyl (C=O) groups is 1. The van der Waals surface area contributed by atoms with Crippen molar-refractivity contribution in [3.8, 4) is 11.3 Å². The molecule has 0 aliphatic heterocycles. The Morgan fingerprint density at radius 2 is 2.09 bits per heavy atom. The Balaban J connectivity index is 1.72. The van der Waals surface area contributed by atoms with E-state index < -0.39 is 5.97 Å². The number of hydrogen-bond acceptors (Lipinski definition) is 6. The van der Waals surface area contributed by atoms with Gasteiger partial charge in [-0.05, 0) is 6.92 Å². The third kappa shape index (κ3) is 3.06. The molecule has 6 heteroatoms. The molecule has 0 unspecified atom stereocenters. The maximum absolute atomic E-state index is 11.5. The number of ether oxygens (including phenoxy) is 1. The largest absolute Gasteiger partial charge is 0.461 e. The van der Waals surface area contributed by atoms with Gasteiger partial charge in [0, 0.05) is 11.6 Å². The molecule has 2 heterocycles. The maximum Gasteiger partial charge on any atom is 0.360 e. The van der Waals surface area contributed by atoms with Crippen LogP contribution in [0, 0.1) is 0 Å². The van der Waals surface area contributed by atoms with Gasteiger partial charge in [0.1, 0.15) is 17.7 Å². The van der Waals surface area contributed by atoms with Crippen molar-refractivity contribution in [2.75, 3.05) is 6.61 Å². The molecule has 0 saturated heterocycles. The van der Waals surface area contributed by atoms with E-state index in [4.69, 9.17) is 13.7 Å². The number of nitrogens with zero attached hydrogens (tertiary/aromatic N) is 2. The van der Waals surface area contributed by atoms with Gasteiger partial charge in [-0.1, -0.05) is 35.5 Å². The van der Waals surface area contributed by atoms with Crippen LogP contribution in [0.15, 0.2) is 51.6 Å². The Morgan fingerprint density at radius 1 is 1.27 bits per heavy atom. The van der Waals surface area contributed by atoms with Gasteiger partial charge < -0.3 is 13.7 Å². The molecule has 0 aliphatic carbocycles. The van der Waals surface area contributed by atoms with Crippen molar-refractivity contribution in [3.05, 3.63) is 60.0 Å². The fourth-order valence-electron chi connectivity index (χ4n) is 1.98. The van der Waals surface area contributed by atoms with Crippen LogP contribution in [0.25, 0.3) is 11.3 Å². The number of aromatic nitrogens is 2. The van der Waals surface area contributed by atoms with E-state index in [2.05, 4.69) is 10.1 Å².